The molecule has 0 saturated carbocycles. The number of benzene rings is 2. The second kappa shape index (κ2) is 7.01. The van der Waals surface area contributed by atoms with Gasteiger partial charge < -0.3 is 19.6 Å². The van der Waals surface area contributed by atoms with Gasteiger partial charge in [-0.3, -0.25) is 10.1 Å². The molecule has 0 aliphatic rings. The van der Waals surface area contributed by atoms with E-state index < -0.39 is 11.0 Å². The van der Waals surface area contributed by atoms with Gasteiger partial charge in [0.05, 0.1) is 4.92 Å². The minimum Gasteiger partial charge on any atom is -0.490 e. The Morgan fingerprint density at radius 2 is 1.75 bits per heavy atom. The third kappa shape index (κ3) is 3.47. The van der Waals surface area contributed by atoms with Gasteiger partial charge in [0.25, 0.3) is 0 Å². The van der Waals surface area contributed by atoms with Crippen molar-refractivity contribution >= 4 is 16.6 Å². The summed E-state index contributed by atoms with van der Waals surface area (Å²) in [5.74, 6) is 0.771. The van der Waals surface area contributed by atoms with Crippen LogP contribution in [0.3, 0.4) is 0 Å². The van der Waals surface area contributed by atoms with Gasteiger partial charge >= 0.3 is 5.69 Å². The second-order valence-corrected chi connectivity index (χ2v) is 5.20. The second-order valence-electron chi connectivity index (χ2n) is 5.20. The summed E-state index contributed by atoms with van der Waals surface area (Å²) in [5.41, 5.74) is 0.806. The monoisotopic (exact) mass is 328 g/mol. The fourth-order valence-corrected chi connectivity index (χ4v) is 2.33. The molecule has 1 heterocycles. The maximum atomic E-state index is 10.9. The van der Waals surface area contributed by atoms with Crippen LogP contribution in [0, 0.1) is 10.1 Å². The zero-order valence-electron chi connectivity index (χ0n) is 12.7. The molecule has 2 N–H and O–H groups in total. The fourth-order valence-electron chi connectivity index (χ4n) is 2.33. The molecule has 24 heavy (non-hydrogen) atoms. The number of H-pyrrole nitrogens is 1. The zero-order valence-corrected chi connectivity index (χ0v) is 12.7. The molecule has 0 fully saturated rings. The van der Waals surface area contributed by atoms with E-state index in [-0.39, 0.29) is 24.7 Å². The van der Waals surface area contributed by atoms with Crippen LogP contribution < -0.4 is 9.47 Å². The molecule has 0 bridgehead atoms. The van der Waals surface area contributed by atoms with Crippen LogP contribution in [0.5, 0.6) is 11.5 Å². The minimum absolute atomic E-state index is 0.0188. The Labute approximate surface area is 137 Å². The Hall–Kier alpha value is -3.06. The van der Waals surface area contributed by atoms with E-state index in [4.69, 9.17) is 9.47 Å². The van der Waals surface area contributed by atoms with Crippen molar-refractivity contribution in [2.75, 3.05) is 13.2 Å². The summed E-state index contributed by atoms with van der Waals surface area (Å²) in [6, 6.07) is 13.5. The summed E-state index contributed by atoms with van der Waals surface area (Å²) in [6.45, 7) is -0.0844. The number of nitro benzene ring substituents is 1. The zero-order chi connectivity index (χ0) is 16.9. The van der Waals surface area contributed by atoms with Crippen molar-refractivity contribution in [3.63, 3.8) is 0 Å². The first-order valence-corrected chi connectivity index (χ1v) is 7.38. The normalized spacial score (nSPS) is 12.0. The maximum absolute atomic E-state index is 10.9. The third-order valence-electron chi connectivity index (χ3n) is 3.48. The van der Waals surface area contributed by atoms with Crippen molar-refractivity contribution in [2.24, 2.45) is 0 Å². The lowest BCUT2D eigenvalue weighted by Crippen LogP contribution is -2.25. The summed E-state index contributed by atoms with van der Waals surface area (Å²) < 4.78 is 11.0. The first-order chi connectivity index (χ1) is 11.6. The highest BCUT2D eigenvalue weighted by molar-refractivity contribution is 5.85. The number of aliphatic hydroxyl groups excluding tert-OH is 1. The average molecular weight is 328 g/mol. The van der Waals surface area contributed by atoms with Gasteiger partial charge in [-0.25, -0.2) is 0 Å². The Bertz CT molecular complexity index is 846. The number of nitrogens with one attached hydrogen (secondary N) is 1. The number of ether oxygens (including phenoxy) is 2. The Balaban J connectivity index is 1.58. The molecule has 0 aliphatic heterocycles. The van der Waals surface area contributed by atoms with Crippen LogP contribution in [-0.2, 0) is 0 Å². The van der Waals surface area contributed by atoms with Gasteiger partial charge in [-0.2, -0.15) is 0 Å². The van der Waals surface area contributed by atoms with Crippen LogP contribution in [0.15, 0.2) is 54.7 Å². The molecular formula is C17H16N2O5. The van der Waals surface area contributed by atoms with E-state index in [0.29, 0.717) is 5.75 Å². The summed E-state index contributed by atoms with van der Waals surface area (Å²) in [6.07, 6.45) is 0.894. The summed E-state index contributed by atoms with van der Waals surface area (Å²) >= 11 is 0. The molecule has 0 saturated heterocycles. The maximum Gasteiger partial charge on any atom is 0.310 e. The van der Waals surface area contributed by atoms with Gasteiger partial charge in [-0.15, -0.1) is 0 Å². The Morgan fingerprint density at radius 1 is 1.04 bits per heavy atom. The number of hydrogen-bond donors (Lipinski definition) is 2. The smallest absolute Gasteiger partial charge is 0.310 e. The lowest BCUT2D eigenvalue weighted by molar-refractivity contribution is -0.385. The van der Waals surface area contributed by atoms with Crippen molar-refractivity contribution in [1.29, 1.82) is 0 Å². The third-order valence-corrected chi connectivity index (χ3v) is 3.48. The first kappa shape index (κ1) is 15.8. The molecule has 7 nitrogen and oxygen atoms in total. The number of nitro groups is 1. The number of aromatic amines is 1. The predicted octanol–water partition coefficient (Wildman–Crippen LogP) is 2.89. The number of para-hydroxylation sites is 2. The minimum atomic E-state index is -0.918. The Kier molecular flexibility index (Phi) is 4.62. The van der Waals surface area contributed by atoms with Crippen molar-refractivity contribution in [3.8, 4) is 11.5 Å². The highest BCUT2D eigenvalue weighted by atomic mass is 16.6. The van der Waals surface area contributed by atoms with Crippen LogP contribution in [0.25, 0.3) is 10.9 Å². The highest BCUT2D eigenvalue weighted by Gasteiger charge is 2.15. The number of aromatic nitrogens is 1. The molecule has 1 atom stereocenters. The quantitative estimate of drug-likeness (QED) is 0.513. The summed E-state index contributed by atoms with van der Waals surface area (Å²) in [5, 5.41) is 21.8. The van der Waals surface area contributed by atoms with Crippen molar-refractivity contribution in [2.45, 2.75) is 6.10 Å². The Morgan fingerprint density at radius 3 is 2.54 bits per heavy atom. The standard InChI is InChI=1S/C17H16N2O5/c20-12(11-24-17-6-2-1-5-15(17)19(21)22)10-23-16-7-3-4-14-13(16)8-9-18-14/h1-9,12,18,20H,10-11H2. The van der Waals surface area contributed by atoms with E-state index >= 15 is 0 Å². The van der Waals surface area contributed by atoms with E-state index in [9.17, 15) is 15.2 Å². The molecular weight excluding hydrogens is 312 g/mol. The molecule has 0 aliphatic carbocycles. The van der Waals surface area contributed by atoms with Crippen LogP contribution in [0.1, 0.15) is 0 Å². The molecule has 0 spiro atoms. The fraction of sp³-hybridized carbons (Fsp3) is 0.176. The van der Waals surface area contributed by atoms with Crippen LogP contribution >= 0.6 is 0 Å². The first-order valence-electron chi connectivity index (χ1n) is 7.38. The number of fused-ring (bicyclic) bond motifs is 1. The van der Waals surface area contributed by atoms with E-state index in [2.05, 4.69) is 4.98 Å². The van der Waals surface area contributed by atoms with Crippen LogP contribution in [-0.4, -0.2) is 34.3 Å². The number of nitrogens with zero attached hydrogens (tertiary/aromatic N) is 1. The average Bonchev–Trinajstić information content (AvgIpc) is 3.07. The topological polar surface area (TPSA) is 97.6 Å². The van der Waals surface area contributed by atoms with E-state index in [1.54, 1.807) is 12.1 Å². The molecule has 0 radical (unpaired) electrons. The number of hydrogen-bond acceptors (Lipinski definition) is 5. The van der Waals surface area contributed by atoms with Gasteiger partial charge in [0.15, 0.2) is 5.75 Å². The molecule has 1 aromatic heterocycles. The van der Waals surface area contributed by atoms with Gasteiger partial charge in [-0.1, -0.05) is 18.2 Å². The lowest BCUT2D eigenvalue weighted by Gasteiger charge is -2.14. The van der Waals surface area contributed by atoms with Crippen molar-refractivity contribution in [1.82, 2.24) is 4.98 Å². The molecule has 0 amide bonds. The summed E-state index contributed by atoms with van der Waals surface area (Å²) in [7, 11) is 0. The van der Waals surface area contributed by atoms with Crippen molar-refractivity contribution in [3.05, 3.63) is 64.8 Å². The summed E-state index contributed by atoms with van der Waals surface area (Å²) in [4.78, 5) is 13.5. The van der Waals surface area contributed by atoms with Crippen LogP contribution in [0.2, 0.25) is 0 Å². The SMILES string of the molecule is O=[N+]([O-])c1ccccc1OCC(O)COc1cccc2[nH]ccc12. The molecule has 3 rings (SSSR count). The predicted molar refractivity (Wildman–Crippen MR) is 88.4 cm³/mol. The lowest BCUT2D eigenvalue weighted by atomic mass is 10.2. The van der Waals surface area contributed by atoms with Gasteiger partial charge in [-0.05, 0) is 24.3 Å². The number of aliphatic hydroxyl groups is 1. The van der Waals surface area contributed by atoms with E-state index in [0.717, 1.165) is 10.9 Å². The van der Waals surface area contributed by atoms with Gasteiger partial charge in [0, 0.05) is 23.2 Å². The van der Waals surface area contributed by atoms with Gasteiger partial charge in [0.2, 0.25) is 0 Å². The molecule has 2 aromatic carbocycles. The van der Waals surface area contributed by atoms with Gasteiger partial charge in [0.1, 0.15) is 25.1 Å². The highest BCUT2D eigenvalue weighted by Crippen LogP contribution is 2.26. The molecule has 124 valence electrons. The largest absolute Gasteiger partial charge is 0.490 e. The van der Waals surface area contributed by atoms with Crippen LogP contribution in [0.4, 0.5) is 5.69 Å². The molecule has 1 unspecified atom stereocenters. The van der Waals surface area contributed by atoms with E-state index in [1.807, 2.05) is 30.5 Å². The number of rotatable bonds is 7. The molecule has 7 heteroatoms. The van der Waals surface area contributed by atoms with Crippen molar-refractivity contribution < 1.29 is 19.5 Å². The van der Waals surface area contributed by atoms with E-state index in [1.165, 1.54) is 12.1 Å². The molecule has 3 aromatic rings.